The summed E-state index contributed by atoms with van der Waals surface area (Å²) in [6.07, 6.45) is 20.5. The summed E-state index contributed by atoms with van der Waals surface area (Å²) >= 11 is 0. The van der Waals surface area contributed by atoms with Gasteiger partial charge in [-0.3, -0.25) is 0 Å². The molecule has 17 rings (SSSR count). The normalized spacial score (nSPS) is 18.1. The van der Waals surface area contributed by atoms with Crippen molar-refractivity contribution in [2.45, 2.75) is 126 Å². The van der Waals surface area contributed by atoms with E-state index in [-0.39, 0.29) is 13.4 Å². The zero-order chi connectivity index (χ0) is 52.4. The second-order valence-electron chi connectivity index (χ2n) is 24.9. The molecule has 8 aliphatic rings. The minimum atomic E-state index is -0.138. The second-order valence-corrected chi connectivity index (χ2v) is 24.9. The molecule has 0 unspecified atom stereocenters. The molecule has 0 amide bonds. The van der Waals surface area contributed by atoms with Gasteiger partial charge in [0.1, 0.15) is 23.0 Å². The maximum Gasteiger partial charge on any atom is 0.256 e. The SMILES string of the molecule is c1ccc(-c2ccc3c(c2)B2c4cc(C5CCCC5)ccc4N(c4ccc(C5CCCC5)cc4)c4c5c6c(c(c42)O3)N(c2ccc(C3CCCC3)cc2)c2ccc(C3CCCC3)cc2B6c2cc(-c3ccccc3)ccc2O5)cc1. The summed E-state index contributed by atoms with van der Waals surface area (Å²) in [5.74, 6) is 6.07. The molecule has 0 bridgehead atoms. The third-order valence-corrected chi connectivity index (χ3v) is 20.5. The number of anilines is 6. The molecule has 0 atom stereocenters. The lowest BCUT2D eigenvalue weighted by molar-refractivity contribution is 0.477. The first-order chi connectivity index (χ1) is 39.7. The fourth-order valence-electron chi connectivity index (χ4n) is 16.6. The molecular weight excluding hydrogens is 970 g/mol. The molecule has 4 aliphatic carbocycles. The van der Waals surface area contributed by atoms with Crippen LogP contribution in [0.2, 0.25) is 0 Å². The van der Waals surface area contributed by atoms with E-state index in [9.17, 15) is 0 Å². The summed E-state index contributed by atoms with van der Waals surface area (Å²) in [6, 6.07) is 70.6. The Labute approximate surface area is 473 Å². The summed E-state index contributed by atoms with van der Waals surface area (Å²) in [4.78, 5) is 5.22. The number of rotatable bonds is 8. The van der Waals surface area contributed by atoms with E-state index in [1.165, 1.54) is 191 Å². The van der Waals surface area contributed by atoms with E-state index >= 15 is 0 Å². The van der Waals surface area contributed by atoms with Crippen LogP contribution in [-0.4, -0.2) is 13.4 Å². The smallest absolute Gasteiger partial charge is 0.256 e. The lowest BCUT2D eigenvalue weighted by atomic mass is 9.31. The van der Waals surface area contributed by atoms with E-state index in [1.54, 1.807) is 0 Å². The molecule has 9 aromatic carbocycles. The highest BCUT2D eigenvalue weighted by Crippen LogP contribution is 2.55. The maximum absolute atomic E-state index is 7.94. The molecule has 4 fully saturated rings. The van der Waals surface area contributed by atoms with Gasteiger partial charge in [0.2, 0.25) is 0 Å². The van der Waals surface area contributed by atoms with Crippen LogP contribution in [-0.2, 0) is 0 Å². The summed E-state index contributed by atoms with van der Waals surface area (Å²) in [6.45, 7) is -0.276. The Bertz CT molecular complexity index is 3630. The van der Waals surface area contributed by atoms with Gasteiger partial charge in [0.25, 0.3) is 13.4 Å². The molecule has 0 spiro atoms. The van der Waals surface area contributed by atoms with Gasteiger partial charge in [-0.05, 0) is 190 Å². The lowest BCUT2D eigenvalue weighted by Gasteiger charge is -2.47. The van der Waals surface area contributed by atoms with Crippen LogP contribution in [0.3, 0.4) is 0 Å². The Kier molecular flexibility index (Phi) is 11.2. The largest absolute Gasteiger partial charge is 0.456 e. The first kappa shape index (κ1) is 47.1. The molecule has 6 heteroatoms. The topological polar surface area (TPSA) is 24.9 Å². The molecular formula is C74H66B2N2O2. The van der Waals surface area contributed by atoms with Crippen molar-refractivity contribution in [2.75, 3.05) is 9.80 Å². The van der Waals surface area contributed by atoms with Crippen LogP contribution in [0.1, 0.15) is 149 Å². The average Bonchev–Trinajstić information content (AvgIpc) is 4.43. The number of hydrogen-bond donors (Lipinski definition) is 0. The van der Waals surface area contributed by atoms with E-state index in [0.717, 1.165) is 45.7 Å². The average molecular weight is 1040 g/mol. The van der Waals surface area contributed by atoms with Crippen LogP contribution in [0.25, 0.3) is 22.3 Å². The molecule has 4 nitrogen and oxygen atoms in total. The highest BCUT2D eigenvalue weighted by Gasteiger charge is 2.52. The molecule has 390 valence electrons. The molecule has 4 heterocycles. The molecule has 0 radical (unpaired) electrons. The van der Waals surface area contributed by atoms with E-state index in [0.29, 0.717) is 23.7 Å². The van der Waals surface area contributed by atoms with Crippen molar-refractivity contribution < 1.29 is 9.47 Å². The predicted molar refractivity (Wildman–Crippen MR) is 334 cm³/mol. The van der Waals surface area contributed by atoms with E-state index in [4.69, 9.17) is 9.47 Å². The van der Waals surface area contributed by atoms with Crippen LogP contribution in [0.15, 0.2) is 182 Å². The number of nitrogens with zero attached hydrogens (tertiary/aromatic N) is 2. The minimum Gasteiger partial charge on any atom is -0.456 e. The Balaban J connectivity index is 0.984. The van der Waals surface area contributed by atoms with Gasteiger partial charge in [-0.15, -0.1) is 0 Å². The number of benzene rings is 9. The Morgan fingerprint density at radius 2 is 0.662 bits per heavy atom. The zero-order valence-corrected chi connectivity index (χ0v) is 45.8. The molecule has 0 aromatic heterocycles. The second kappa shape index (κ2) is 19.0. The van der Waals surface area contributed by atoms with E-state index in [2.05, 4.69) is 192 Å². The molecule has 4 saturated carbocycles. The van der Waals surface area contributed by atoms with Gasteiger partial charge in [0, 0.05) is 33.7 Å². The van der Waals surface area contributed by atoms with Crippen molar-refractivity contribution in [3.63, 3.8) is 0 Å². The number of fused-ring (bicyclic) bond motifs is 10. The van der Waals surface area contributed by atoms with Crippen molar-refractivity contribution in [2.24, 2.45) is 0 Å². The molecule has 0 N–H and O–H groups in total. The quantitative estimate of drug-likeness (QED) is 0.142. The van der Waals surface area contributed by atoms with Gasteiger partial charge in [-0.25, -0.2) is 0 Å². The van der Waals surface area contributed by atoms with E-state index in [1.807, 2.05) is 0 Å². The molecule has 80 heavy (non-hydrogen) atoms. The fraction of sp³-hybridized carbons (Fsp3) is 0.270. The Morgan fingerprint density at radius 3 is 1.04 bits per heavy atom. The van der Waals surface area contributed by atoms with Crippen molar-refractivity contribution >= 4 is 80.3 Å². The fourth-order valence-corrected chi connectivity index (χ4v) is 16.6. The van der Waals surface area contributed by atoms with Gasteiger partial charge in [-0.2, -0.15) is 0 Å². The number of hydrogen-bond acceptors (Lipinski definition) is 4. The first-order valence-corrected chi connectivity index (χ1v) is 30.7. The van der Waals surface area contributed by atoms with Crippen molar-refractivity contribution in [1.29, 1.82) is 0 Å². The standard InChI is InChI=1S/C74H66B2N2O2/c1-3-15-49(16-4-1)57-33-41-67-63(45-57)75-61-43-55(51-23-11-12-24-51)31-39-65(61)77(59-35-27-53(28-36-59)47-19-7-8-20-47)71-69(75)73(79-67)72-70-74(71)80-68-42-34-58(50-17-5-2-6-18-50)46-64(68)76(70)62-44-56(52-25-13-14-26-52)32-40-66(62)78(72)60-37-29-54(30-38-60)48-21-9-10-22-48/h1-6,15-18,27-48,51-52H,7-14,19-26H2. The van der Waals surface area contributed by atoms with Crippen LogP contribution in [0.4, 0.5) is 34.1 Å². The third kappa shape index (κ3) is 7.49. The van der Waals surface area contributed by atoms with Crippen LogP contribution < -0.4 is 52.1 Å². The molecule has 9 aromatic rings. The summed E-state index contributed by atoms with van der Waals surface area (Å²) < 4.78 is 15.9. The number of ether oxygens (including phenoxy) is 2. The minimum absolute atomic E-state index is 0.138. The van der Waals surface area contributed by atoms with E-state index < -0.39 is 0 Å². The summed E-state index contributed by atoms with van der Waals surface area (Å²) in [5.41, 5.74) is 25.1. The van der Waals surface area contributed by atoms with Crippen LogP contribution >= 0.6 is 0 Å². The van der Waals surface area contributed by atoms with Gasteiger partial charge in [0.15, 0.2) is 0 Å². The van der Waals surface area contributed by atoms with Gasteiger partial charge >= 0.3 is 0 Å². The van der Waals surface area contributed by atoms with Crippen LogP contribution in [0.5, 0.6) is 23.0 Å². The maximum atomic E-state index is 7.94. The van der Waals surface area contributed by atoms with Gasteiger partial charge < -0.3 is 19.3 Å². The molecule has 0 saturated heterocycles. The predicted octanol–water partition coefficient (Wildman–Crippen LogP) is 16.5. The highest BCUT2D eigenvalue weighted by molar-refractivity contribution is 7.02. The van der Waals surface area contributed by atoms with Crippen LogP contribution in [0, 0.1) is 0 Å². The van der Waals surface area contributed by atoms with Crippen molar-refractivity contribution in [1.82, 2.24) is 0 Å². The summed E-state index contributed by atoms with van der Waals surface area (Å²) in [5, 5.41) is 0. The zero-order valence-electron chi connectivity index (χ0n) is 45.8. The summed E-state index contributed by atoms with van der Waals surface area (Å²) in [7, 11) is 0. The van der Waals surface area contributed by atoms with Crippen molar-refractivity contribution in [3.8, 4) is 45.3 Å². The molecule has 4 aliphatic heterocycles. The monoisotopic (exact) mass is 1040 g/mol. The lowest BCUT2D eigenvalue weighted by Crippen LogP contribution is -2.64. The first-order valence-electron chi connectivity index (χ1n) is 30.7. The highest BCUT2D eigenvalue weighted by atomic mass is 16.5. The Morgan fingerprint density at radius 1 is 0.312 bits per heavy atom. The van der Waals surface area contributed by atoms with Gasteiger partial charge in [0.05, 0.1) is 11.4 Å². The van der Waals surface area contributed by atoms with Crippen molar-refractivity contribution in [3.05, 3.63) is 204 Å². The third-order valence-electron chi connectivity index (χ3n) is 20.5. The Hall–Kier alpha value is -7.69. The van der Waals surface area contributed by atoms with Gasteiger partial charge in [-0.1, -0.05) is 185 Å².